The summed E-state index contributed by atoms with van der Waals surface area (Å²) in [5.41, 5.74) is 0. The third-order valence-corrected chi connectivity index (χ3v) is 5.10. The van der Waals surface area contributed by atoms with Crippen LogP contribution in [0.4, 0.5) is 0 Å². The van der Waals surface area contributed by atoms with E-state index in [4.69, 9.17) is 0 Å². The van der Waals surface area contributed by atoms with Crippen molar-refractivity contribution in [3.63, 3.8) is 0 Å². The molecule has 3 aliphatic rings. The topological polar surface area (TPSA) is 58.4 Å². The van der Waals surface area contributed by atoms with Crippen LogP contribution in [0.15, 0.2) is 18.5 Å². The van der Waals surface area contributed by atoms with Crippen molar-refractivity contribution in [3.8, 4) is 0 Å². The van der Waals surface area contributed by atoms with Crippen LogP contribution in [-0.2, 0) is 9.59 Å². The minimum Gasteiger partial charge on any atom is -0.340 e. The summed E-state index contributed by atoms with van der Waals surface area (Å²) in [6.07, 6.45) is 8.43. The molecular weight excluding hydrogens is 280 g/mol. The summed E-state index contributed by atoms with van der Waals surface area (Å²) in [6.45, 7) is 2.16. The molecule has 0 N–H and O–H groups in total. The van der Waals surface area contributed by atoms with E-state index in [0.29, 0.717) is 25.6 Å². The Bertz CT molecular complexity index is 567. The highest BCUT2D eigenvalue weighted by atomic mass is 16.2. The molecule has 0 aromatic carbocycles. The quantitative estimate of drug-likeness (QED) is 0.839. The zero-order valence-electron chi connectivity index (χ0n) is 12.7. The first-order chi connectivity index (χ1) is 10.7. The van der Waals surface area contributed by atoms with Crippen molar-refractivity contribution in [1.82, 2.24) is 19.6 Å². The highest BCUT2D eigenvalue weighted by molar-refractivity contribution is 5.89. The maximum absolute atomic E-state index is 12.8. The Morgan fingerprint density at radius 2 is 2.05 bits per heavy atom. The van der Waals surface area contributed by atoms with E-state index in [1.807, 2.05) is 26.7 Å². The molecule has 0 spiro atoms. The number of aromatic nitrogens is 2. The SMILES string of the molecule is O=C(C1CC(=O)N(C2CC2)C1)N1CCCC(n2cccn2)C1. The standard InChI is InChI=1S/C16H22N4O2/c21-15-9-12(10-19(15)13-4-5-13)16(22)18-7-1-3-14(11-18)20-8-2-6-17-20/h2,6,8,12-14H,1,3-5,7,9-11H2. The predicted octanol–water partition coefficient (Wildman–Crippen LogP) is 1.06. The van der Waals surface area contributed by atoms with E-state index in [2.05, 4.69) is 5.10 Å². The fourth-order valence-electron chi connectivity index (χ4n) is 3.76. The van der Waals surface area contributed by atoms with Gasteiger partial charge in [-0.15, -0.1) is 0 Å². The van der Waals surface area contributed by atoms with Crippen LogP contribution in [0.5, 0.6) is 0 Å². The molecule has 2 aliphatic heterocycles. The highest BCUT2D eigenvalue weighted by Gasteiger charge is 2.43. The van der Waals surface area contributed by atoms with Gasteiger partial charge in [0.1, 0.15) is 0 Å². The second-order valence-electron chi connectivity index (χ2n) is 6.74. The van der Waals surface area contributed by atoms with Crippen molar-refractivity contribution in [2.24, 2.45) is 5.92 Å². The van der Waals surface area contributed by atoms with Crippen LogP contribution in [0.3, 0.4) is 0 Å². The molecule has 2 unspecified atom stereocenters. The first kappa shape index (κ1) is 13.8. The number of rotatable bonds is 3. The first-order valence-corrected chi connectivity index (χ1v) is 8.30. The molecule has 118 valence electrons. The van der Waals surface area contributed by atoms with Crippen molar-refractivity contribution < 1.29 is 9.59 Å². The molecule has 2 atom stereocenters. The number of carbonyl (C=O) groups is 2. The van der Waals surface area contributed by atoms with E-state index in [1.165, 1.54) is 0 Å². The summed E-state index contributed by atoms with van der Waals surface area (Å²) in [5, 5.41) is 4.30. The molecule has 0 radical (unpaired) electrons. The highest BCUT2D eigenvalue weighted by Crippen LogP contribution is 2.33. The van der Waals surface area contributed by atoms with E-state index in [0.717, 1.165) is 32.2 Å². The number of hydrogen-bond donors (Lipinski definition) is 0. The smallest absolute Gasteiger partial charge is 0.228 e. The second-order valence-corrected chi connectivity index (χ2v) is 6.74. The molecule has 0 bridgehead atoms. The third kappa shape index (κ3) is 2.51. The summed E-state index contributed by atoms with van der Waals surface area (Å²) in [6, 6.07) is 2.61. The molecule has 1 aromatic rings. The zero-order valence-corrected chi connectivity index (χ0v) is 12.7. The van der Waals surface area contributed by atoms with Gasteiger partial charge in [0, 0.05) is 44.5 Å². The van der Waals surface area contributed by atoms with Gasteiger partial charge in [-0.05, 0) is 31.7 Å². The van der Waals surface area contributed by atoms with Gasteiger partial charge in [0.15, 0.2) is 0 Å². The normalized spacial score (nSPS) is 29.2. The van der Waals surface area contributed by atoms with Gasteiger partial charge in [-0.2, -0.15) is 5.10 Å². The van der Waals surface area contributed by atoms with Gasteiger partial charge in [-0.1, -0.05) is 0 Å². The molecule has 22 heavy (non-hydrogen) atoms. The Labute approximate surface area is 130 Å². The van der Waals surface area contributed by atoms with E-state index < -0.39 is 0 Å². The fourth-order valence-corrected chi connectivity index (χ4v) is 3.76. The van der Waals surface area contributed by atoms with E-state index in [-0.39, 0.29) is 23.8 Å². The Morgan fingerprint density at radius 3 is 2.77 bits per heavy atom. The fraction of sp³-hybridized carbons (Fsp3) is 0.688. The first-order valence-electron chi connectivity index (χ1n) is 8.30. The molecule has 4 rings (SSSR count). The Balaban J connectivity index is 1.41. The summed E-state index contributed by atoms with van der Waals surface area (Å²) in [4.78, 5) is 28.7. The molecule has 1 saturated carbocycles. The molecule has 3 fully saturated rings. The van der Waals surface area contributed by atoms with Gasteiger partial charge in [-0.25, -0.2) is 0 Å². The average Bonchev–Trinajstić information content (AvgIpc) is 3.09. The van der Waals surface area contributed by atoms with Crippen LogP contribution in [-0.4, -0.2) is 57.1 Å². The minimum absolute atomic E-state index is 0.135. The molecular formula is C16H22N4O2. The van der Waals surface area contributed by atoms with Gasteiger partial charge in [-0.3, -0.25) is 14.3 Å². The molecule has 1 aromatic heterocycles. The molecule has 2 saturated heterocycles. The number of likely N-dealkylation sites (tertiary alicyclic amines) is 2. The number of nitrogens with zero attached hydrogens (tertiary/aromatic N) is 4. The summed E-state index contributed by atoms with van der Waals surface area (Å²) < 4.78 is 1.95. The summed E-state index contributed by atoms with van der Waals surface area (Å²) in [5.74, 6) is 0.194. The summed E-state index contributed by atoms with van der Waals surface area (Å²) >= 11 is 0. The molecule has 2 amide bonds. The Morgan fingerprint density at radius 1 is 1.18 bits per heavy atom. The summed E-state index contributed by atoms with van der Waals surface area (Å²) in [7, 11) is 0. The van der Waals surface area contributed by atoms with Crippen LogP contribution < -0.4 is 0 Å². The average molecular weight is 302 g/mol. The van der Waals surface area contributed by atoms with Crippen molar-refractivity contribution in [1.29, 1.82) is 0 Å². The van der Waals surface area contributed by atoms with Gasteiger partial charge in [0.05, 0.1) is 12.0 Å². The van der Waals surface area contributed by atoms with Crippen molar-refractivity contribution in [2.75, 3.05) is 19.6 Å². The van der Waals surface area contributed by atoms with Crippen LogP contribution in [0.25, 0.3) is 0 Å². The predicted molar refractivity (Wildman–Crippen MR) is 79.9 cm³/mol. The minimum atomic E-state index is -0.135. The molecule has 6 heteroatoms. The van der Waals surface area contributed by atoms with E-state index >= 15 is 0 Å². The maximum Gasteiger partial charge on any atom is 0.228 e. The van der Waals surface area contributed by atoms with E-state index in [1.54, 1.807) is 6.20 Å². The van der Waals surface area contributed by atoms with Crippen LogP contribution in [0.2, 0.25) is 0 Å². The van der Waals surface area contributed by atoms with Gasteiger partial charge < -0.3 is 9.80 Å². The lowest BCUT2D eigenvalue weighted by Crippen LogP contribution is -2.44. The van der Waals surface area contributed by atoms with Crippen molar-refractivity contribution in [2.45, 2.75) is 44.2 Å². The van der Waals surface area contributed by atoms with Gasteiger partial charge in [0.2, 0.25) is 11.8 Å². The molecule has 6 nitrogen and oxygen atoms in total. The van der Waals surface area contributed by atoms with Crippen LogP contribution in [0.1, 0.15) is 38.1 Å². The lowest BCUT2D eigenvalue weighted by Gasteiger charge is -2.34. The Kier molecular flexibility index (Phi) is 3.39. The monoisotopic (exact) mass is 302 g/mol. The van der Waals surface area contributed by atoms with Crippen molar-refractivity contribution in [3.05, 3.63) is 18.5 Å². The number of hydrogen-bond acceptors (Lipinski definition) is 3. The maximum atomic E-state index is 12.8. The van der Waals surface area contributed by atoms with Crippen LogP contribution >= 0.6 is 0 Å². The molecule has 1 aliphatic carbocycles. The second kappa shape index (κ2) is 5.41. The number of piperidine rings is 1. The van der Waals surface area contributed by atoms with E-state index in [9.17, 15) is 9.59 Å². The van der Waals surface area contributed by atoms with Gasteiger partial charge >= 0.3 is 0 Å². The number of amides is 2. The Hall–Kier alpha value is -1.85. The zero-order chi connectivity index (χ0) is 15.1. The third-order valence-electron chi connectivity index (χ3n) is 5.10. The number of carbonyl (C=O) groups excluding carboxylic acids is 2. The largest absolute Gasteiger partial charge is 0.340 e. The lowest BCUT2D eigenvalue weighted by atomic mass is 10.0. The van der Waals surface area contributed by atoms with Gasteiger partial charge in [0.25, 0.3) is 0 Å². The van der Waals surface area contributed by atoms with Crippen LogP contribution in [0, 0.1) is 5.92 Å². The molecule has 3 heterocycles. The lowest BCUT2D eigenvalue weighted by molar-refractivity contribution is -0.137. The van der Waals surface area contributed by atoms with Crippen molar-refractivity contribution >= 4 is 11.8 Å².